The molecule has 1 aliphatic heterocycles. The summed E-state index contributed by atoms with van der Waals surface area (Å²) >= 11 is 0. The maximum absolute atomic E-state index is 15.0. The number of nitrogens with one attached hydrogen (secondary N) is 1. The molecular formula is C57H78N4O13. The number of piperidine rings is 1. The number of nitrogens with zero attached hydrogens (tertiary/aromatic N) is 3. The molecule has 3 amide bonds. The summed E-state index contributed by atoms with van der Waals surface area (Å²) in [6.07, 6.45) is -1.06. The fourth-order valence-electron chi connectivity index (χ4n) is 8.89. The van der Waals surface area contributed by atoms with Crippen molar-refractivity contribution in [1.82, 2.24) is 20.0 Å². The molecule has 0 unspecified atom stereocenters. The maximum Gasteiger partial charge on any atom is 0.344 e. The standard InChI is InChI=1S/C57H78N4O13/c1-9-11-30-43(58-6)54(67)72-47(35-40-24-16-13-17-25-40)50(62)59(7)44(31-12-10-2)55(68)73-48(36-41-26-18-14-19-27-41)51(63)60(8)46(34-38(3)4)57(70)74-49(37-42-28-20-15-21-29-42)52(64)61-33-23-22-32-45(61)56(69)71-39(5)53(65)66/h13-21,24-29,38-39,43-49,58H,9-12,22-23,30-37H2,1-8H3,(H,65,66)/t39-,43+,44+,45+,46+,47-,48-,49-/m1/s1. The molecule has 1 heterocycles. The van der Waals surface area contributed by atoms with Crippen molar-refractivity contribution in [2.24, 2.45) is 5.92 Å². The lowest BCUT2D eigenvalue weighted by Gasteiger charge is -2.37. The van der Waals surface area contributed by atoms with Gasteiger partial charge in [-0.2, -0.15) is 0 Å². The molecule has 17 heteroatoms. The van der Waals surface area contributed by atoms with E-state index >= 15 is 0 Å². The van der Waals surface area contributed by atoms with Crippen LogP contribution in [0.4, 0.5) is 0 Å². The molecule has 0 saturated carbocycles. The SMILES string of the molecule is CCCC[C@H](NC)C(=O)O[C@H](Cc1ccccc1)C(=O)N(C)[C@@H](CCCC)C(=O)O[C@H](Cc1ccccc1)C(=O)N(C)[C@@H](CC(C)C)C(=O)O[C@H](Cc1ccccc1)C(=O)N1CCCC[C@H]1C(=O)O[C@H](C)C(=O)O. The van der Waals surface area contributed by atoms with E-state index in [2.05, 4.69) is 5.32 Å². The summed E-state index contributed by atoms with van der Waals surface area (Å²) in [4.78, 5) is 116. The molecule has 17 nitrogen and oxygen atoms in total. The van der Waals surface area contributed by atoms with E-state index in [0.29, 0.717) is 43.2 Å². The molecule has 404 valence electrons. The Morgan fingerprint density at radius 2 is 1.07 bits per heavy atom. The Morgan fingerprint density at radius 3 is 1.54 bits per heavy atom. The molecule has 1 fully saturated rings. The fraction of sp³-hybridized carbons (Fsp3) is 0.544. The second-order valence-electron chi connectivity index (χ2n) is 19.5. The third-order valence-corrected chi connectivity index (χ3v) is 13.3. The van der Waals surface area contributed by atoms with Crippen molar-refractivity contribution >= 4 is 47.6 Å². The molecular weight excluding hydrogens is 949 g/mol. The van der Waals surface area contributed by atoms with E-state index in [-0.39, 0.29) is 51.0 Å². The first-order valence-corrected chi connectivity index (χ1v) is 26.1. The van der Waals surface area contributed by atoms with Crippen LogP contribution in [0.1, 0.15) is 116 Å². The summed E-state index contributed by atoms with van der Waals surface area (Å²) in [7, 11) is 4.51. The average molecular weight is 1030 g/mol. The number of carbonyl (C=O) groups is 8. The average Bonchev–Trinajstić information content (AvgIpc) is 3.39. The predicted molar refractivity (Wildman–Crippen MR) is 277 cm³/mol. The van der Waals surface area contributed by atoms with E-state index in [1.54, 1.807) is 67.7 Å². The van der Waals surface area contributed by atoms with Crippen molar-refractivity contribution in [2.75, 3.05) is 27.7 Å². The van der Waals surface area contributed by atoms with Gasteiger partial charge in [-0.1, -0.05) is 144 Å². The highest BCUT2D eigenvalue weighted by atomic mass is 16.6. The summed E-state index contributed by atoms with van der Waals surface area (Å²) in [5.41, 5.74) is 2.02. The van der Waals surface area contributed by atoms with E-state index in [9.17, 15) is 43.5 Å². The van der Waals surface area contributed by atoms with E-state index < -0.39 is 96.2 Å². The molecule has 74 heavy (non-hydrogen) atoms. The maximum atomic E-state index is 15.0. The Bertz CT molecular complexity index is 2280. The third-order valence-electron chi connectivity index (χ3n) is 13.3. The number of unbranched alkanes of at least 4 members (excludes halogenated alkanes) is 2. The van der Waals surface area contributed by atoms with Crippen LogP contribution in [-0.4, -0.2) is 144 Å². The summed E-state index contributed by atoms with van der Waals surface area (Å²) < 4.78 is 23.5. The van der Waals surface area contributed by atoms with Gasteiger partial charge in [0.05, 0.1) is 0 Å². The van der Waals surface area contributed by atoms with Crippen molar-refractivity contribution in [3.63, 3.8) is 0 Å². The lowest BCUT2D eigenvalue weighted by atomic mass is 9.99. The fourth-order valence-corrected chi connectivity index (χ4v) is 8.89. The van der Waals surface area contributed by atoms with Crippen LogP contribution in [0.15, 0.2) is 91.0 Å². The van der Waals surface area contributed by atoms with Crippen LogP contribution in [0.5, 0.6) is 0 Å². The van der Waals surface area contributed by atoms with Gasteiger partial charge in [0.25, 0.3) is 17.7 Å². The molecule has 0 aromatic heterocycles. The van der Waals surface area contributed by atoms with Crippen molar-refractivity contribution in [2.45, 2.75) is 167 Å². The van der Waals surface area contributed by atoms with E-state index in [1.165, 1.54) is 35.7 Å². The Labute approximate surface area is 436 Å². The minimum atomic E-state index is -1.51. The first kappa shape index (κ1) is 59.9. The van der Waals surface area contributed by atoms with Gasteiger partial charge in [0.15, 0.2) is 24.4 Å². The second-order valence-corrected chi connectivity index (χ2v) is 19.5. The quantitative estimate of drug-likeness (QED) is 0.0560. The number of ether oxygens (including phenoxy) is 4. The van der Waals surface area contributed by atoms with Gasteiger partial charge < -0.3 is 44.1 Å². The van der Waals surface area contributed by atoms with Crippen molar-refractivity contribution < 1.29 is 62.4 Å². The van der Waals surface area contributed by atoms with Gasteiger partial charge in [-0.05, 0) is 75.1 Å². The van der Waals surface area contributed by atoms with Crippen LogP contribution in [0.2, 0.25) is 0 Å². The number of rotatable bonds is 29. The number of carboxylic acid groups (broad SMARTS) is 1. The molecule has 1 aliphatic rings. The Morgan fingerprint density at radius 1 is 0.622 bits per heavy atom. The molecule has 3 aromatic carbocycles. The van der Waals surface area contributed by atoms with Gasteiger partial charge >= 0.3 is 29.8 Å². The zero-order valence-corrected chi connectivity index (χ0v) is 44.4. The van der Waals surface area contributed by atoms with Crippen LogP contribution in [0, 0.1) is 5.92 Å². The number of carboxylic acids is 1. The summed E-state index contributed by atoms with van der Waals surface area (Å²) in [5.74, 6) is -6.86. The topological polar surface area (TPSA) is 215 Å². The first-order chi connectivity index (χ1) is 35.4. The smallest absolute Gasteiger partial charge is 0.344 e. The third kappa shape index (κ3) is 18.1. The van der Waals surface area contributed by atoms with E-state index in [4.69, 9.17) is 18.9 Å². The second kappa shape index (κ2) is 30.5. The molecule has 4 rings (SSSR count). The minimum absolute atomic E-state index is 0.0395. The Hall–Kier alpha value is -6.62. The lowest BCUT2D eigenvalue weighted by molar-refractivity contribution is -0.176. The first-order valence-electron chi connectivity index (χ1n) is 26.1. The van der Waals surface area contributed by atoms with Gasteiger partial charge in [-0.15, -0.1) is 0 Å². The number of carbonyl (C=O) groups excluding carboxylic acids is 7. The summed E-state index contributed by atoms with van der Waals surface area (Å²) in [5, 5.41) is 12.4. The van der Waals surface area contributed by atoms with Gasteiger partial charge in [0, 0.05) is 39.9 Å². The monoisotopic (exact) mass is 1030 g/mol. The lowest BCUT2D eigenvalue weighted by Crippen LogP contribution is -2.55. The highest BCUT2D eigenvalue weighted by molar-refractivity contribution is 5.93. The number of benzene rings is 3. The zero-order chi connectivity index (χ0) is 54.3. The predicted octanol–water partition coefficient (Wildman–Crippen LogP) is 6.52. The van der Waals surface area contributed by atoms with Crippen LogP contribution in [0.3, 0.4) is 0 Å². The number of esters is 4. The summed E-state index contributed by atoms with van der Waals surface area (Å²) in [6, 6.07) is 22.5. The van der Waals surface area contributed by atoms with E-state index in [1.807, 2.05) is 58.0 Å². The van der Waals surface area contributed by atoms with Crippen LogP contribution < -0.4 is 5.32 Å². The summed E-state index contributed by atoms with van der Waals surface area (Å²) in [6.45, 7) is 8.99. The van der Waals surface area contributed by atoms with Crippen LogP contribution >= 0.6 is 0 Å². The molecule has 0 aliphatic carbocycles. The Balaban J connectivity index is 1.68. The normalized spacial score (nSPS) is 16.3. The molecule has 3 aromatic rings. The van der Waals surface area contributed by atoms with Crippen molar-refractivity contribution in [3.05, 3.63) is 108 Å². The number of aliphatic carboxylic acids is 1. The number of hydrogen-bond acceptors (Lipinski definition) is 13. The van der Waals surface area contributed by atoms with Crippen LogP contribution in [-0.2, 0) is 76.6 Å². The molecule has 0 radical (unpaired) electrons. The van der Waals surface area contributed by atoms with Crippen molar-refractivity contribution in [3.8, 4) is 0 Å². The van der Waals surface area contributed by atoms with Crippen LogP contribution in [0.25, 0.3) is 0 Å². The highest BCUT2D eigenvalue weighted by Gasteiger charge is 2.43. The number of likely N-dealkylation sites (N-methyl/N-ethyl adjacent to an activating group) is 3. The largest absolute Gasteiger partial charge is 0.479 e. The van der Waals surface area contributed by atoms with Gasteiger partial charge in [-0.25, -0.2) is 19.2 Å². The molecule has 0 bridgehead atoms. The number of amides is 3. The zero-order valence-electron chi connectivity index (χ0n) is 44.4. The molecule has 8 atom stereocenters. The highest BCUT2D eigenvalue weighted by Crippen LogP contribution is 2.25. The molecule has 1 saturated heterocycles. The van der Waals surface area contributed by atoms with Gasteiger partial charge in [0.1, 0.15) is 24.2 Å². The minimum Gasteiger partial charge on any atom is -0.479 e. The molecule has 0 spiro atoms. The van der Waals surface area contributed by atoms with Gasteiger partial charge in [-0.3, -0.25) is 19.2 Å². The molecule has 2 N–H and O–H groups in total. The number of likely N-dealkylation sites (tertiary alicyclic amines) is 1. The Kier molecular flexibility index (Phi) is 24.7. The number of hydrogen-bond donors (Lipinski definition) is 2. The van der Waals surface area contributed by atoms with Crippen molar-refractivity contribution in [1.29, 1.82) is 0 Å². The van der Waals surface area contributed by atoms with Gasteiger partial charge in [0.2, 0.25) is 0 Å². The van der Waals surface area contributed by atoms with E-state index in [0.717, 1.165) is 18.4 Å².